The highest BCUT2D eigenvalue weighted by Crippen LogP contribution is 2.39. The Kier molecular flexibility index (Phi) is 5.55. The zero-order valence-electron chi connectivity index (χ0n) is 16.9. The average molecular weight is 429 g/mol. The van der Waals surface area contributed by atoms with Gasteiger partial charge in [-0.1, -0.05) is 24.8 Å². The summed E-state index contributed by atoms with van der Waals surface area (Å²) in [5.41, 5.74) is 1.61. The van der Waals surface area contributed by atoms with Gasteiger partial charge in [-0.25, -0.2) is 4.98 Å². The zero-order chi connectivity index (χ0) is 20.6. The molecule has 5 nitrogen and oxygen atoms in total. The van der Waals surface area contributed by atoms with Gasteiger partial charge in [0.1, 0.15) is 10.6 Å². The Morgan fingerprint density at radius 3 is 2.83 bits per heavy atom. The van der Waals surface area contributed by atoms with E-state index in [1.165, 1.54) is 11.8 Å². The lowest BCUT2D eigenvalue weighted by Gasteiger charge is -2.32. The maximum Gasteiger partial charge on any atom is 0.267 e. The summed E-state index contributed by atoms with van der Waals surface area (Å²) in [7, 11) is 1.63. The molecule has 1 unspecified atom stereocenters. The highest BCUT2D eigenvalue weighted by molar-refractivity contribution is 7.99. The van der Waals surface area contributed by atoms with E-state index >= 15 is 0 Å². The van der Waals surface area contributed by atoms with Gasteiger partial charge >= 0.3 is 0 Å². The maximum absolute atomic E-state index is 13.7. The van der Waals surface area contributed by atoms with Crippen molar-refractivity contribution in [2.24, 2.45) is 0 Å². The second-order valence-electron chi connectivity index (χ2n) is 7.29. The Labute approximate surface area is 178 Å². The highest BCUT2D eigenvalue weighted by atomic mass is 32.2. The van der Waals surface area contributed by atoms with E-state index in [1.807, 2.05) is 30.3 Å². The van der Waals surface area contributed by atoms with Crippen LogP contribution >= 0.6 is 23.1 Å². The summed E-state index contributed by atoms with van der Waals surface area (Å²) < 4.78 is 13.1. The minimum atomic E-state index is -0.241. The van der Waals surface area contributed by atoms with Gasteiger partial charge in [-0.3, -0.25) is 9.36 Å². The molecule has 0 spiro atoms. The van der Waals surface area contributed by atoms with Crippen LogP contribution in [0, 0.1) is 0 Å². The smallest absolute Gasteiger partial charge is 0.267 e. The molecule has 1 aliphatic rings. The van der Waals surface area contributed by atoms with E-state index in [2.05, 4.69) is 20.4 Å². The molecule has 29 heavy (non-hydrogen) atoms. The minimum Gasteiger partial charge on any atom is -0.497 e. The van der Waals surface area contributed by atoms with Gasteiger partial charge < -0.3 is 9.47 Å². The molecule has 3 aromatic rings. The van der Waals surface area contributed by atoms with Crippen LogP contribution in [-0.2, 0) is 17.8 Å². The lowest BCUT2D eigenvalue weighted by molar-refractivity contribution is -0.0543. The quantitative estimate of drug-likeness (QED) is 0.315. The predicted octanol–water partition coefficient (Wildman–Crippen LogP) is 4.98. The van der Waals surface area contributed by atoms with Crippen molar-refractivity contribution < 1.29 is 9.47 Å². The van der Waals surface area contributed by atoms with Crippen molar-refractivity contribution in [2.45, 2.75) is 44.1 Å². The molecule has 1 atom stereocenters. The molecule has 4 rings (SSSR count). The third-order valence-electron chi connectivity index (χ3n) is 5.39. The van der Waals surface area contributed by atoms with Gasteiger partial charge in [0, 0.05) is 17.1 Å². The maximum atomic E-state index is 13.7. The van der Waals surface area contributed by atoms with Crippen molar-refractivity contribution in [3.05, 3.63) is 57.7 Å². The summed E-state index contributed by atoms with van der Waals surface area (Å²) in [6.45, 7) is 8.57. The first-order valence-corrected chi connectivity index (χ1v) is 11.4. The van der Waals surface area contributed by atoms with E-state index in [0.29, 0.717) is 17.5 Å². The second-order valence-corrected chi connectivity index (χ2v) is 9.36. The van der Waals surface area contributed by atoms with E-state index in [9.17, 15) is 4.79 Å². The SMILES string of the molecule is C=CCSc1nc2sc3c(c2c(=O)n1-c1ccc(OC)cc1)CC(C)(CC)OC3. The Balaban J connectivity index is 1.94. The first kappa shape index (κ1) is 20.2. The fourth-order valence-corrected chi connectivity index (χ4v) is 5.41. The van der Waals surface area contributed by atoms with Crippen molar-refractivity contribution >= 4 is 33.3 Å². The second kappa shape index (κ2) is 7.97. The number of methoxy groups -OCH3 is 1. The number of ether oxygens (including phenoxy) is 2. The Morgan fingerprint density at radius 2 is 2.17 bits per heavy atom. The van der Waals surface area contributed by atoms with Crippen LogP contribution in [0.25, 0.3) is 15.9 Å². The number of benzene rings is 1. The lowest BCUT2D eigenvalue weighted by Crippen LogP contribution is -2.34. The predicted molar refractivity (Wildman–Crippen MR) is 120 cm³/mol. The van der Waals surface area contributed by atoms with Gasteiger partial charge in [0.2, 0.25) is 0 Å². The van der Waals surface area contributed by atoms with Crippen LogP contribution in [0.1, 0.15) is 30.7 Å². The third-order valence-corrected chi connectivity index (χ3v) is 7.42. The molecule has 1 aliphatic heterocycles. The topological polar surface area (TPSA) is 53.4 Å². The van der Waals surface area contributed by atoms with Crippen LogP contribution in [0.3, 0.4) is 0 Å². The Morgan fingerprint density at radius 1 is 1.41 bits per heavy atom. The van der Waals surface area contributed by atoms with Gasteiger partial charge in [-0.2, -0.15) is 0 Å². The first-order valence-electron chi connectivity index (χ1n) is 9.59. The molecule has 7 heteroatoms. The fraction of sp³-hybridized carbons (Fsp3) is 0.364. The van der Waals surface area contributed by atoms with Crippen molar-refractivity contribution in [2.75, 3.05) is 12.9 Å². The highest BCUT2D eigenvalue weighted by Gasteiger charge is 2.33. The summed E-state index contributed by atoms with van der Waals surface area (Å²) in [5, 5.41) is 1.40. The molecule has 0 aliphatic carbocycles. The van der Waals surface area contributed by atoms with Crippen LogP contribution in [0.4, 0.5) is 0 Å². The van der Waals surface area contributed by atoms with E-state index in [1.54, 1.807) is 23.0 Å². The van der Waals surface area contributed by atoms with Crippen LogP contribution in [0.2, 0.25) is 0 Å². The molecule has 0 bridgehead atoms. The number of hydrogen-bond acceptors (Lipinski definition) is 6. The molecular weight excluding hydrogens is 404 g/mol. The van der Waals surface area contributed by atoms with E-state index in [4.69, 9.17) is 14.5 Å². The number of thioether (sulfide) groups is 1. The monoisotopic (exact) mass is 428 g/mol. The van der Waals surface area contributed by atoms with E-state index < -0.39 is 0 Å². The average Bonchev–Trinajstić information content (AvgIpc) is 3.10. The van der Waals surface area contributed by atoms with Crippen LogP contribution in [-0.4, -0.2) is 28.0 Å². The van der Waals surface area contributed by atoms with Crippen LogP contribution < -0.4 is 10.3 Å². The molecule has 152 valence electrons. The van der Waals surface area contributed by atoms with E-state index in [-0.39, 0.29) is 11.2 Å². The number of aromatic nitrogens is 2. The van der Waals surface area contributed by atoms with Crippen molar-refractivity contribution in [1.82, 2.24) is 9.55 Å². The minimum absolute atomic E-state index is 0.0235. The summed E-state index contributed by atoms with van der Waals surface area (Å²) in [4.78, 5) is 20.5. The van der Waals surface area contributed by atoms with E-state index in [0.717, 1.165) is 44.9 Å². The summed E-state index contributed by atoms with van der Waals surface area (Å²) in [6, 6.07) is 7.51. The van der Waals surface area contributed by atoms with Crippen molar-refractivity contribution in [3.8, 4) is 11.4 Å². The number of rotatable bonds is 6. The molecular formula is C22H24N2O3S2. The van der Waals surface area contributed by atoms with Gasteiger partial charge in [0.25, 0.3) is 5.56 Å². The van der Waals surface area contributed by atoms with Gasteiger partial charge in [-0.15, -0.1) is 17.9 Å². The van der Waals surface area contributed by atoms with Crippen LogP contribution in [0.5, 0.6) is 5.75 Å². The lowest BCUT2D eigenvalue weighted by atomic mass is 9.90. The molecule has 3 heterocycles. The zero-order valence-corrected chi connectivity index (χ0v) is 18.5. The molecule has 0 N–H and O–H groups in total. The Hall–Kier alpha value is -2.09. The molecule has 0 radical (unpaired) electrons. The number of nitrogens with zero attached hydrogens (tertiary/aromatic N) is 2. The first-order chi connectivity index (χ1) is 14.0. The number of thiophene rings is 1. The Bertz CT molecular complexity index is 1120. The van der Waals surface area contributed by atoms with Gasteiger partial charge in [0.05, 0.1) is 30.4 Å². The number of hydrogen-bond donors (Lipinski definition) is 0. The standard InChI is InChI=1S/C22H24N2O3S2/c1-5-11-28-21-23-19-18(16-12-22(3,6-2)27-13-17(16)29-19)20(25)24(21)14-7-9-15(26-4)10-8-14/h5,7-10H,1,6,11-13H2,2-4H3. The normalized spacial score (nSPS) is 18.6. The molecule has 0 fully saturated rings. The van der Waals surface area contributed by atoms with Crippen molar-refractivity contribution in [1.29, 1.82) is 0 Å². The third kappa shape index (κ3) is 3.63. The fourth-order valence-electron chi connectivity index (χ4n) is 3.52. The summed E-state index contributed by atoms with van der Waals surface area (Å²) in [5.74, 6) is 1.43. The van der Waals surface area contributed by atoms with Gasteiger partial charge in [0.15, 0.2) is 5.16 Å². The molecule has 1 aromatic carbocycles. The molecule has 2 aromatic heterocycles. The number of fused-ring (bicyclic) bond motifs is 3. The molecule has 0 saturated heterocycles. The molecule has 0 amide bonds. The van der Waals surface area contributed by atoms with Crippen LogP contribution in [0.15, 0.2) is 46.9 Å². The summed E-state index contributed by atoms with van der Waals surface area (Å²) in [6.07, 6.45) is 3.45. The summed E-state index contributed by atoms with van der Waals surface area (Å²) >= 11 is 3.08. The van der Waals surface area contributed by atoms with Gasteiger partial charge in [-0.05, 0) is 43.2 Å². The largest absolute Gasteiger partial charge is 0.497 e. The molecule has 0 saturated carbocycles. The van der Waals surface area contributed by atoms with Crippen molar-refractivity contribution in [3.63, 3.8) is 0 Å².